The Morgan fingerprint density at radius 3 is 2.68 bits per heavy atom. The van der Waals surface area contributed by atoms with E-state index < -0.39 is 0 Å². The fraction of sp³-hybridized carbons (Fsp3) is 0.682. The van der Waals surface area contributed by atoms with E-state index in [9.17, 15) is 0 Å². The van der Waals surface area contributed by atoms with Crippen LogP contribution in [-0.4, -0.2) is 70.3 Å². The zero-order valence-electron chi connectivity index (χ0n) is 17.8. The van der Waals surface area contributed by atoms with Gasteiger partial charge in [0.1, 0.15) is 5.75 Å². The molecule has 156 valence electrons. The van der Waals surface area contributed by atoms with Crippen molar-refractivity contribution in [2.75, 3.05) is 58.3 Å². The number of hydrogen-bond acceptors (Lipinski definition) is 4. The molecule has 6 nitrogen and oxygen atoms in total. The van der Waals surface area contributed by atoms with Crippen LogP contribution in [0.25, 0.3) is 0 Å². The van der Waals surface area contributed by atoms with E-state index in [2.05, 4.69) is 44.5 Å². The van der Waals surface area contributed by atoms with E-state index >= 15 is 0 Å². The molecular formula is C22H37N5O. The molecule has 0 aromatic heterocycles. The predicted molar refractivity (Wildman–Crippen MR) is 118 cm³/mol. The van der Waals surface area contributed by atoms with Crippen LogP contribution in [0.1, 0.15) is 32.6 Å². The van der Waals surface area contributed by atoms with Gasteiger partial charge in [-0.2, -0.15) is 0 Å². The Morgan fingerprint density at radius 1 is 1.18 bits per heavy atom. The molecule has 2 aliphatic rings. The lowest BCUT2D eigenvalue weighted by molar-refractivity contribution is 0.187. The Morgan fingerprint density at radius 2 is 1.96 bits per heavy atom. The van der Waals surface area contributed by atoms with Crippen LogP contribution in [0.3, 0.4) is 0 Å². The minimum Gasteiger partial charge on any atom is -0.495 e. The average molecular weight is 388 g/mol. The summed E-state index contributed by atoms with van der Waals surface area (Å²) < 4.78 is 5.52. The van der Waals surface area contributed by atoms with Gasteiger partial charge in [0, 0.05) is 32.7 Å². The molecule has 3 rings (SSSR count). The van der Waals surface area contributed by atoms with Gasteiger partial charge in [-0.05, 0) is 63.4 Å². The first-order valence-electron chi connectivity index (χ1n) is 10.8. The summed E-state index contributed by atoms with van der Waals surface area (Å²) in [5.74, 6) is 2.72. The number of para-hydroxylation sites is 2. The number of aliphatic imine (C=N–C) groups is 1. The normalized spacial score (nSPS) is 21.8. The monoisotopic (exact) mass is 387 g/mol. The van der Waals surface area contributed by atoms with Gasteiger partial charge in [0.15, 0.2) is 5.96 Å². The SMILES string of the molecule is CCN1CCC(CCNC(=NC)NC2CCN(c3ccccc3OC)C2)CC1. The Labute approximate surface area is 170 Å². The number of anilines is 1. The number of ether oxygens (including phenoxy) is 1. The Hall–Kier alpha value is -1.95. The molecule has 1 aromatic rings. The van der Waals surface area contributed by atoms with Crippen molar-refractivity contribution >= 4 is 11.6 Å². The van der Waals surface area contributed by atoms with E-state index in [0.29, 0.717) is 6.04 Å². The average Bonchev–Trinajstić information content (AvgIpc) is 3.21. The number of piperidine rings is 1. The van der Waals surface area contributed by atoms with Gasteiger partial charge in [0.25, 0.3) is 0 Å². The third-order valence-corrected chi connectivity index (χ3v) is 6.18. The van der Waals surface area contributed by atoms with Crippen LogP contribution in [0.2, 0.25) is 0 Å². The molecule has 0 aliphatic carbocycles. The Bertz CT molecular complexity index is 627. The van der Waals surface area contributed by atoms with Crippen LogP contribution in [0.4, 0.5) is 5.69 Å². The second-order valence-electron chi connectivity index (χ2n) is 7.91. The molecule has 1 atom stereocenters. The van der Waals surface area contributed by atoms with Crippen LogP contribution in [0.15, 0.2) is 29.3 Å². The van der Waals surface area contributed by atoms with Crippen LogP contribution >= 0.6 is 0 Å². The van der Waals surface area contributed by atoms with Crippen molar-refractivity contribution in [3.05, 3.63) is 24.3 Å². The van der Waals surface area contributed by atoms with Crippen molar-refractivity contribution < 1.29 is 4.74 Å². The van der Waals surface area contributed by atoms with Crippen LogP contribution in [-0.2, 0) is 0 Å². The molecule has 2 fully saturated rings. The quantitative estimate of drug-likeness (QED) is 0.556. The number of benzene rings is 1. The highest BCUT2D eigenvalue weighted by atomic mass is 16.5. The third kappa shape index (κ3) is 5.53. The van der Waals surface area contributed by atoms with Gasteiger partial charge in [0.05, 0.1) is 12.8 Å². The lowest BCUT2D eigenvalue weighted by Crippen LogP contribution is -2.45. The molecule has 2 saturated heterocycles. The summed E-state index contributed by atoms with van der Waals surface area (Å²) in [6.45, 7) is 8.97. The van der Waals surface area contributed by atoms with Crippen molar-refractivity contribution in [1.82, 2.24) is 15.5 Å². The minimum absolute atomic E-state index is 0.406. The molecule has 0 bridgehead atoms. The smallest absolute Gasteiger partial charge is 0.191 e. The standard InChI is InChI=1S/C22H37N5O/c1-4-26-14-10-18(11-15-26)9-13-24-22(23-2)25-19-12-16-27(17-19)20-7-5-6-8-21(20)28-3/h5-8,18-19H,4,9-17H2,1-3H3,(H2,23,24,25). The largest absolute Gasteiger partial charge is 0.495 e. The molecule has 0 spiro atoms. The van der Waals surface area contributed by atoms with E-state index in [1.165, 1.54) is 44.6 Å². The van der Waals surface area contributed by atoms with Crippen LogP contribution in [0, 0.1) is 5.92 Å². The van der Waals surface area contributed by atoms with Gasteiger partial charge < -0.3 is 25.2 Å². The van der Waals surface area contributed by atoms with E-state index in [1.54, 1.807) is 7.11 Å². The number of methoxy groups -OCH3 is 1. The third-order valence-electron chi connectivity index (χ3n) is 6.18. The topological polar surface area (TPSA) is 52.1 Å². The summed E-state index contributed by atoms with van der Waals surface area (Å²) in [6, 6.07) is 8.67. The fourth-order valence-electron chi connectivity index (χ4n) is 4.36. The highest BCUT2D eigenvalue weighted by molar-refractivity contribution is 5.80. The molecule has 28 heavy (non-hydrogen) atoms. The summed E-state index contributed by atoms with van der Waals surface area (Å²) in [7, 11) is 3.60. The van der Waals surface area contributed by atoms with E-state index in [1.807, 2.05) is 19.2 Å². The second kappa shape index (κ2) is 10.6. The first-order valence-corrected chi connectivity index (χ1v) is 10.8. The number of nitrogens with one attached hydrogen (secondary N) is 2. The number of hydrogen-bond donors (Lipinski definition) is 2. The lowest BCUT2D eigenvalue weighted by atomic mass is 9.93. The molecule has 1 aromatic carbocycles. The number of guanidine groups is 1. The van der Waals surface area contributed by atoms with Crippen LogP contribution in [0.5, 0.6) is 5.75 Å². The van der Waals surface area contributed by atoms with Gasteiger partial charge in [0.2, 0.25) is 0 Å². The van der Waals surface area contributed by atoms with Gasteiger partial charge >= 0.3 is 0 Å². The Kier molecular flexibility index (Phi) is 7.83. The minimum atomic E-state index is 0.406. The van der Waals surface area contributed by atoms with Crippen molar-refractivity contribution in [3.8, 4) is 5.75 Å². The summed E-state index contributed by atoms with van der Waals surface area (Å²) in [6.07, 6.45) is 5.00. The first kappa shape index (κ1) is 20.8. The van der Waals surface area contributed by atoms with Crippen molar-refractivity contribution in [1.29, 1.82) is 0 Å². The zero-order valence-corrected chi connectivity index (χ0v) is 17.8. The maximum absolute atomic E-state index is 5.52. The van der Waals surface area contributed by atoms with Crippen molar-refractivity contribution in [2.24, 2.45) is 10.9 Å². The van der Waals surface area contributed by atoms with Crippen molar-refractivity contribution in [2.45, 2.75) is 38.6 Å². The van der Waals surface area contributed by atoms with E-state index in [-0.39, 0.29) is 0 Å². The van der Waals surface area contributed by atoms with Crippen molar-refractivity contribution in [3.63, 3.8) is 0 Å². The number of likely N-dealkylation sites (tertiary alicyclic amines) is 1. The molecule has 2 heterocycles. The van der Waals surface area contributed by atoms with Gasteiger partial charge in [-0.1, -0.05) is 19.1 Å². The van der Waals surface area contributed by atoms with E-state index in [0.717, 1.165) is 43.7 Å². The molecule has 2 aliphatic heterocycles. The summed E-state index contributed by atoms with van der Waals surface area (Å²) in [5, 5.41) is 7.13. The fourth-order valence-corrected chi connectivity index (χ4v) is 4.36. The van der Waals surface area contributed by atoms with Gasteiger partial charge in [-0.25, -0.2) is 0 Å². The predicted octanol–water partition coefficient (Wildman–Crippen LogP) is 2.56. The molecule has 2 N–H and O–H groups in total. The van der Waals surface area contributed by atoms with Gasteiger partial charge in [-0.3, -0.25) is 4.99 Å². The lowest BCUT2D eigenvalue weighted by Gasteiger charge is -2.31. The second-order valence-corrected chi connectivity index (χ2v) is 7.91. The molecular weight excluding hydrogens is 350 g/mol. The van der Waals surface area contributed by atoms with Crippen LogP contribution < -0.4 is 20.3 Å². The maximum Gasteiger partial charge on any atom is 0.191 e. The number of rotatable bonds is 7. The Balaban J connectivity index is 1.41. The summed E-state index contributed by atoms with van der Waals surface area (Å²) in [5.41, 5.74) is 1.18. The van der Waals surface area contributed by atoms with Gasteiger partial charge in [-0.15, -0.1) is 0 Å². The summed E-state index contributed by atoms with van der Waals surface area (Å²) >= 11 is 0. The molecule has 0 amide bonds. The number of nitrogens with zero attached hydrogens (tertiary/aromatic N) is 3. The highest BCUT2D eigenvalue weighted by Crippen LogP contribution is 2.30. The first-order chi connectivity index (χ1) is 13.7. The highest BCUT2D eigenvalue weighted by Gasteiger charge is 2.25. The maximum atomic E-state index is 5.52. The molecule has 1 unspecified atom stereocenters. The summed E-state index contributed by atoms with van der Waals surface area (Å²) in [4.78, 5) is 9.38. The zero-order chi connectivity index (χ0) is 19.8. The molecule has 6 heteroatoms. The molecule has 0 radical (unpaired) electrons. The van der Waals surface area contributed by atoms with E-state index in [4.69, 9.17) is 4.74 Å². The molecule has 0 saturated carbocycles.